The Morgan fingerprint density at radius 2 is 1.79 bits per heavy atom. The highest BCUT2D eigenvalue weighted by molar-refractivity contribution is 7.16. The lowest BCUT2D eigenvalue weighted by atomic mass is 10.0. The van der Waals surface area contributed by atoms with Gasteiger partial charge >= 0.3 is 0 Å². The van der Waals surface area contributed by atoms with Crippen LogP contribution in [-0.2, 0) is 11.3 Å². The number of pyridine rings is 2. The average molecular weight is 454 g/mol. The Hall–Kier alpha value is -3.39. The predicted molar refractivity (Wildman–Crippen MR) is 134 cm³/mol. The molecule has 0 amide bonds. The van der Waals surface area contributed by atoms with Crippen molar-refractivity contribution in [1.82, 2.24) is 19.9 Å². The minimum Gasteiger partial charge on any atom is -0.379 e. The van der Waals surface area contributed by atoms with Crippen LogP contribution in [0.15, 0.2) is 72.5 Å². The number of fused-ring (bicyclic) bond motifs is 2. The predicted octanol–water partition coefficient (Wildman–Crippen LogP) is 5.48. The van der Waals surface area contributed by atoms with Gasteiger partial charge in [0, 0.05) is 54.4 Å². The summed E-state index contributed by atoms with van der Waals surface area (Å²) < 4.78 is 6.62. The Labute approximate surface area is 195 Å². The first-order chi connectivity index (χ1) is 16.3. The molecular weight excluding hydrogens is 430 g/mol. The molecule has 1 N–H and O–H groups in total. The van der Waals surface area contributed by atoms with Gasteiger partial charge in [-0.2, -0.15) is 0 Å². The van der Waals surface area contributed by atoms with Gasteiger partial charge in [-0.25, -0.2) is 4.98 Å². The van der Waals surface area contributed by atoms with Crippen LogP contribution in [0, 0.1) is 0 Å². The summed E-state index contributed by atoms with van der Waals surface area (Å²) in [7, 11) is 0. The summed E-state index contributed by atoms with van der Waals surface area (Å²) in [6, 6.07) is 18.9. The maximum absolute atomic E-state index is 5.44. The van der Waals surface area contributed by atoms with Crippen molar-refractivity contribution in [2.45, 2.75) is 6.54 Å². The van der Waals surface area contributed by atoms with Crippen molar-refractivity contribution in [3.63, 3.8) is 0 Å². The van der Waals surface area contributed by atoms with E-state index >= 15 is 0 Å². The van der Waals surface area contributed by atoms with Gasteiger partial charge in [0.15, 0.2) is 0 Å². The quantitative estimate of drug-likeness (QED) is 0.380. The summed E-state index contributed by atoms with van der Waals surface area (Å²) in [6.45, 7) is 4.40. The highest BCUT2D eigenvalue weighted by atomic mass is 32.1. The maximum Gasteiger partial charge on any atom is 0.0832 e. The zero-order chi connectivity index (χ0) is 22.0. The van der Waals surface area contributed by atoms with Gasteiger partial charge in [-0.05, 0) is 48.0 Å². The van der Waals surface area contributed by atoms with Gasteiger partial charge in [0.05, 0.1) is 40.2 Å². The Kier molecular flexibility index (Phi) is 5.43. The van der Waals surface area contributed by atoms with Crippen molar-refractivity contribution in [3.05, 3.63) is 78.2 Å². The first-order valence-corrected chi connectivity index (χ1v) is 11.9. The molecule has 0 bridgehead atoms. The van der Waals surface area contributed by atoms with Gasteiger partial charge in [-0.15, -0.1) is 11.3 Å². The van der Waals surface area contributed by atoms with E-state index in [9.17, 15) is 0 Å². The molecule has 0 radical (unpaired) electrons. The zero-order valence-electron chi connectivity index (χ0n) is 18.1. The third-order valence-corrected chi connectivity index (χ3v) is 6.81. The maximum atomic E-state index is 5.44. The van der Waals surface area contributed by atoms with E-state index in [1.54, 1.807) is 11.3 Å². The highest BCUT2D eigenvalue weighted by Crippen LogP contribution is 2.31. The summed E-state index contributed by atoms with van der Waals surface area (Å²) in [4.78, 5) is 16.1. The molecule has 1 aliphatic heterocycles. The zero-order valence-corrected chi connectivity index (χ0v) is 18.9. The van der Waals surface area contributed by atoms with Gasteiger partial charge in [0.25, 0.3) is 0 Å². The molecule has 1 fully saturated rings. The van der Waals surface area contributed by atoms with Crippen molar-refractivity contribution in [3.8, 4) is 11.1 Å². The Morgan fingerprint density at radius 1 is 0.879 bits per heavy atom. The molecule has 3 aromatic heterocycles. The number of aromatic nitrogens is 3. The SMILES string of the molecule is c1cc(Nc2ccc3scnc3c2)c2cc(-c3ccc(CN4CCOCC4)nc3)ccc2n1. The van der Waals surface area contributed by atoms with Gasteiger partial charge in [-0.3, -0.25) is 14.9 Å². The Morgan fingerprint density at radius 3 is 2.67 bits per heavy atom. The number of hydrogen-bond donors (Lipinski definition) is 1. The molecule has 0 unspecified atom stereocenters. The lowest BCUT2D eigenvalue weighted by Crippen LogP contribution is -2.35. The number of morpholine rings is 1. The van der Waals surface area contributed by atoms with E-state index in [4.69, 9.17) is 9.72 Å². The number of thiazole rings is 1. The van der Waals surface area contributed by atoms with Crippen LogP contribution in [0.25, 0.3) is 32.2 Å². The smallest absolute Gasteiger partial charge is 0.0832 e. The number of hydrogen-bond acceptors (Lipinski definition) is 7. The fourth-order valence-electron chi connectivity index (χ4n) is 4.20. The summed E-state index contributed by atoms with van der Waals surface area (Å²) in [5.74, 6) is 0. The summed E-state index contributed by atoms with van der Waals surface area (Å²) in [5.41, 5.74) is 9.18. The summed E-state index contributed by atoms with van der Waals surface area (Å²) >= 11 is 1.65. The number of ether oxygens (including phenoxy) is 1. The molecule has 0 aliphatic carbocycles. The largest absolute Gasteiger partial charge is 0.379 e. The van der Waals surface area contributed by atoms with E-state index in [0.29, 0.717) is 0 Å². The summed E-state index contributed by atoms with van der Waals surface area (Å²) in [6.07, 6.45) is 3.81. The van der Waals surface area contributed by atoms with Crippen LogP contribution in [0.3, 0.4) is 0 Å². The molecule has 1 aliphatic rings. The van der Waals surface area contributed by atoms with Crippen molar-refractivity contribution in [2.24, 2.45) is 0 Å². The minimum absolute atomic E-state index is 0.803. The van der Waals surface area contributed by atoms with Crippen LogP contribution in [0.2, 0.25) is 0 Å². The molecule has 0 saturated carbocycles. The molecule has 4 heterocycles. The van der Waals surface area contributed by atoms with Crippen LogP contribution >= 0.6 is 11.3 Å². The van der Waals surface area contributed by atoms with E-state index < -0.39 is 0 Å². The van der Waals surface area contributed by atoms with E-state index in [-0.39, 0.29) is 0 Å². The number of anilines is 2. The van der Waals surface area contributed by atoms with Gasteiger partial charge in [0.2, 0.25) is 0 Å². The van der Waals surface area contributed by atoms with E-state index in [1.165, 1.54) is 4.70 Å². The minimum atomic E-state index is 0.803. The van der Waals surface area contributed by atoms with Gasteiger partial charge < -0.3 is 10.1 Å². The lowest BCUT2D eigenvalue weighted by molar-refractivity contribution is 0.0336. The molecule has 2 aromatic carbocycles. The molecule has 164 valence electrons. The van der Waals surface area contributed by atoms with E-state index in [1.807, 2.05) is 24.0 Å². The standard InChI is InChI=1S/C26H23N5OS/c1-3-21(16-31-9-11-32-12-10-31)28-15-19(1)18-2-5-23-22(13-18)24(7-8-27-23)30-20-4-6-26-25(14-20)29-17-33-26/h1-8,13-15,17H,9-12,16H2,(H,27,30). The second kappa shape index (κ2) is 8.86. The molecule has 1 saturated heterocycles. The molecular formula is C26H23N5OS. The highest BCUT2D eigenvalue weighted by Gasteiger charge is 2.12. The molecule has 5 aromatic rings. The van der Waals surface area contributed by atoms with Crippen LogP contribution in [0.5, 0.6) is 0 Å². The second-order valence-corrected chi connectivity index (χ2v) is 9.06. The van der Waals surface area contributed by atoms with Crippen LogP contribution in [0.1, 0.15) is 5.69 Å². The van der Waals surface area contributed by atoms with Crippen LogP contribution < -0.4 is 5.32 Å². The van der Waals surface area contributed by atoms with E-state index in [2.05, 4.69) is 68.7 Å². The monoisotopic (exact) mass is 453 g/mol. The molecule has 33 heavy (non-hydrogen) atoms. The number of nitrogens with zero attached hydrogens (tertiary/aromatic N) is 4. The molecule has 6 nitrogen and oxygen atoms in total. The van der Waals surface area contributed by atoms with Gasteiger partial charge in [-0.1, -0.05) is 12.1 Å². The number of rotatable bonds is 5. The molecule has 7 heteroatoms. The topological polar surface area (TPSA) is 63.2 Å². The van der Waals surface area contributed by atoms with Crippen molar-refractivity contribution in [2.75, 3.05) is 31.6 Å². The van der Waals surface area contributed by atoms with E-state index in [0.717, 1.165) is 77.5 Å². The Balaban J connectivity index is 1.28. The van der Waals surface area contributed by atoms with Crippen molar-refractivity contribution >= 4 is 43.8 Å². The Bertz CT molecular complexity index is 1410. The fourth-order valence-corrected chi connectivity index (χ4v) is 4.86. The fraction of sp³-hybridized carbons (Fsp3) is 0.192. The molecule has 6 rings (SSSR count). The lowest BCUT2D eigenvalue weighted by Gasteiger charge is -2.26. The first-order valence-electron chi connectivity index (χ1n) is 11.1. The van der Waals surface area contributed by atoms with Crippen molar-refractivity contribution < 1.29 is 4.74 Å². The van der Waals surface area contributed by atoms with Crippen molar-refractivity contribution in [1.29, 1.82) is 0 Å². The third kappa shape index (κ3) is 4.30. The average Bonchev–Trinajstić information content (AvgIpc) is 3.33. The normalized spacial score (nSPS) is 14.7. The third-order valence-electron chi connectivity index (χ3n) is 6.00. The first kappa shape index (κ1) is 20.2. The summed E-state index contributed by atoms with van der Waals surface area (Å²) in [5, 5.41) is 4.63. The van der Waals surface area contributed by atoms with Crippen LogP contribution in [0.4, 0.5) is 11.4 Å². The molecule has 0 spiro atoms. The number of benzene rings is 2. The second-order valence-electron chi connectivity index (χ2n) is 8.18. The van der Waals surface area contributed by atoms with Crippen LogP contribution in [-0.4, -0.2) is 46.2 Å². The van der Waals surface area contributed by atoms with Gasteiger partial charge in [0.1, 0.15) is 0 Å². The number of nitrogens with one attached hydrogen (secondary N) is 1. The molecule has 0 atom stereocenters.